The highest BCUT2D eigenvalue weighted by atomic mass is 14.2. The monoisotopic (exact) mass is 293 g/mol. The Morgan fingerprint density at radius 1 is 0.667 bits per heavy atom. The predicted octanol–water partition coefficient (Wildman–Crippen LogP) is 7.41. The largest absolute Gasteiger partial charge is 0.198 e. The van der Waals surface area contributed by atoms with E-state index in [1.165, 1.54) is 89.9 Å². The maximum Gasteiger partial charge on any atom is 0.0621 e. The normalized spacial score (nSPS) is 12.2. The van der Waals surface area contributed by atoms with Crippen LogP contribution < -0.4 is 0 Å². The van der Waals surface area contributed by atoms with Crippen LogP contribution in [0.15, 0.2) is 0 Å². The van der Waals surface area contributed by atoms with Crippen molar-refractivity contribution < 1.29 is 0 Å². The molecule has 0 saturated heterocycles. The van der Waals surface area contributed by atoms with Gasteiger partial charge < -0.3 is 0 Å². The van der Waals surface area contributed by atoms with Gasteiger partial charge in [-0.05, 0) is 12.3 Å². The second-order valence-electron chi connectivity index (χ2n) is 6.65. The Balaban J connectivity index is 3.21. The van der Waals surface area contributed by atoms with Crippen LogP contribution in [0.4, 0.5) is 0 Å². The van der Waals surface area contributed by atoms with Crippen molar-refractivity contribution >= 4 is 0 Å². The first-order valence-corrected chi connectivity index (χ1v) is 9.72. The van der Waals surface area contributed by atoms with Crippen LogP contribution in [0.2, 0.25) is 0 Å². The van der Waals surface area contributed by atoms with E-state index in [1.54, 1.807) is 0 Å². The van der Waals surface area contributed by atoms with Gasteiger partial charge in [-0.1, -0.05) is 104 Å². The molecule has 21 heavy (non-hydrogen) atoms. The van der Waals surface area contributed by atoms with Crippen LogP contribution in [0, 0.1) is 17.2 Å². The smallest absolute Gasteiger partial charge is 0.0621 e. The molecule has 1 nitrogen and oxygen atoms in total. The fourth-order valence-electron chi connectivity index (χ4n) is 3.11. The molecule has 0 aliphatic heterocycles. The molecule has 0 aromatic rings. The maximum absolute atomic E-state index is 8.46. The van der Waals surface area contributed by atoms with Crippen LogP contribution >= 0.6 is 0 Å². The molecule has 0 amide bonds. The van der Waals surface area contributed by atoms with Gasteiger partial charge in [0, 0.05) is 6.42 Å². The summed E-state index contributed by atoms with van der Waals surface area (Å²) in [6.45, 7) is 4.66. The summed E-state index contributed by atoms with van der Waals surface area (Å²) in [5.74, 6) is 0.997. The second-order valence-corrected chi connectivity index (χ2v) is 6.65. The molecule has 1 unspecified atom stereocenters. The van der Waals surface area contributed by atoms with E-state index in [1.807, 2.05) is 0 Å². The van der Waals surface area contributed by atoms with E-state index < -0.39 is 0 Å². The quantitative estimate of drug-likeness (QED) is 0.272. The van der Waals surface area contributed by atoms with Crippen molar-refractivity contribution in [2.24, 2.45) is 5.92 Å². The van der Waals surface area contributed by atoms with Gasteiger partial charge >= 0.3 is 0 Å². The zero-order valence-corrected chi connectivity index (χ0v) is 14.8. The van der Waals surface area contributed by atoms with Crippen LogP contribution in [0.3, 0.4) is 0 Å². The van der Waals surface area contributed by atoms with E-state index in [-0.39, 0.29) is 0 Å². The molecular formula is C20H39N. The van der Waals surface area contributed by atoms with Gasteiger partial charge in [-0.2, -0.15) is 5.26 Å². The molecule has 0 spiro atoms. The average molecular weight is 294 g/mol. The molecule has 124 valence electrons. The van der Waals surface area contributed by atoms with Gasteiger partial charge in [0.1, 0.15) is 0 Å². The topological polar surface area (TPSA) is 23.8 Å². The molecule has 0 bridgehead atoms. The summed E-state index contributed by atoms with van der Waals surface area (Å²) in [7, 11) is 0. The molecule has 0 saturated carbocycles. The first kappa shape index (κ1) is 20.5. The first-order chi connectivity index (χ1) is 10.3. The van der Waals surface area contributed by atoms with E-state index >= 15 is 0 Å². The lowest BCUT2D eigenvalue weighted by Crippen LogP contribution is -1.99. The summed E-state index contributed by atoms with van der Waals surface area (Å²) in [5, 5.41) is 8.46. The Morgan fingerprint density at radius 3 is 1.62 bits per heavy atom. The maximum atomic E-state index is 8.46. The summed E-state index contributed by atoms with van der Waals surface area (Å²) in [6.07, 6.45) is 21.5. The van der Waals surface area contributed by atoms with E-state index in [0.717, 1.165) is 18.8 Å². The first-order valence-electron chi connectivity index (χ1n) is 9.72. The zero-order valence-electron chi connectivity index (χ0n) is 14.8. The Hall–Kier alpha value is -0.510. The van der Waals surface area contributed by atoms with E-state index in [9.17, 15) is 0 Å². The van der Waals surface area contributed by atoms with Crippen LogP contribution in [-0.2, 0) is 0 Å². The minimum absolute atomic E-state index is 0.747. The molecular weight excluding hydrogens is 254 g/mol. The van der Waals surface area contributed by atoms with Crippen molar-refractivity contribution in [1.82, 2.24) is 0 Å². The lowest BCUT2D eigenvalue weighted by molar-refractivity contribution is 0.395. The van der Waals surface area contributed by atoms with Crippen molar-refractivity contribution in [3.8, 4) is 6.07 Å². The minimum Gasteiger partial charge on any atom is -0.198 e. The summed E-state index contributed by atoms with van der Waals surface area (Å²) in [4.78, 5) is 0. The van der Waals surface area contributed by atoms with Gasteiger partial charge in [-0.15, -0.1) is 0 Å². The Morgan fingerprint density at radius 2 is 1.14 bits per heavy atom. The fourth-order valence-corrected chi connectivity index (χ4v) is 3.11. The van der Waals surface area contributed by atoms with Crippen LogP contribution in [0.5, 0.6) is 0 Å². The van der Waals surface area contributed by atoms with Crippen LogP contribution in [-0.4, -0.2) is 0 Å². The SMILES string of the molecule is CCCCCC(CC)CCCCCCCCCCCC#N. The van der Waals surface area contributed by atoms with Crippen molar-refractivity contribution in [2.75, 3.05) is 0 Å². The third-order valence-corrected chi connectivity index (χ3v) is 4.69. The Bertz CT molecular complexity index is 228. The fraction of sp³-hybridized carbons (Fsp3) is 0.950. The molecule has 0 rings (SSSR count). The van der Waals surface area contributed by atoms with Gasteiger partial charge in [0.15, 0.2) is 0 Å². The van der Waals surface area contributed by atoms with Gasteiger partial charge in [0.05, 0.1) is 6.07 Å². The number of nitrogens with zero attached hydrogens (tertiary/aromatic N) is 1. The van der Waals surface area contributed by atoms with Crippen molar-refractivity contribution in [3.63, 3.8) is 0 Å². The Kier molecular flexibility index (Phi) is 17.1. The molecule has 0 aromatic carbocycles. The lowest BCUT2D eigenvalue weighted by Gasteiger charge is -2.14. The molecule has 0 aliphatic carbocycles. The van der Waals surface area contributed by atoms with Gasteiger partial charge in [-0.25, -0.2) is 0 Å². The highest BCUT2D eigenvalue weighted by Gasteiger charge is 2.05. The number of unbranched alkanes of at least 4 members (excludes halogenated alkanes) is 11. The lowest BCUT2D eigenvalue weighted by atomic mass is 9.92. The van der Waals surface area contributed by atoms with E-state index in [0.29, 0.717) is 0 Å². The molecule has 0 heterocycles. The third kappa shape index (κ3) is 15.7. The zero-order chi connectivity index (χ0) is 15.6. The molecule has 0 aromatic heterocycles. The van der Waals surface area contributed by atoms with Crippen molar-refractivity contribution in [2.45, 2.75) is 117 Å². The standard InChI is InChI=1S/C20H39N/c1-3-5-14-17-20(4-2)18-15-12-10-8-6-7-9-11-13-16-19-21/h20H,3-18H2,1-2H3. The van der Waals surface area contributed by atoms with Gasteiger partial charge in [0.25, 0.3) is 0 Å². The summed E-state index contributed by atoms with van der Waals surface area (Å²) in [5.41, 5.74) is 0. The highest BCUT2D eigenvalue weighted by molar-refractivity contribution is 4.67. The molecule has 0 N–H and O–H groups in total. The number of nitriles is 1. The molecule has 1 heteroatoms. The van der Waals surface area contributed by atoms with Crippen molar-refractivity contribution in [1.29, 1.82) is 5.26 Å². The molecule has 1 atom stereocenters. The van der Waals surface area contributed by atoms with E-state index in [2.05, 4.69) is 19.9 Å². The molecule has 0 aliphatic rings. The van der Waals surface area contributed by atoms with Crippen molar-refractivity contribution in [3.05, 3.63) is 0 Å². The van der Waals surface area contributed by atoms with Gasteiger partial charge in [0.2, 0.25) is 0 Å². The highest BCUT2D eigenvalue weighted by Crippen LogP contribution is 2.21. The molecule has 0 radical (unpaired) electrons. The number of hydrogen-bond donors (Lipinski definition) is 0. The second kappa shape index (κ2) is 17.5. The Labute approximate surface area is 134 Å². The van der Waals surface area contributed by atoms with Crippen LogP contribution in [0.25, 0.3) is 0 Å². The minimum atomic E-state index is 0.747. The number of rotatable bonds is 16. The van der Waals surface area contributed by atoms with Gasteiger partial charge in [-0.3, -0.25) is 0 Å². The summed E-state index contributed by atoms with van der Waals surface area (Å²) >= 11 is 0. The summed E-state index contributed by atoms with van der Waals surface area (Å²) in [6, 6.07) is 2.22. The predicted molar refractivity (Wildman–Crippen MR) is 94.3 cm³/mol. The third-order valence-electron chi connectivity index (χ3n) is 4.69. The number of hydrogen-bond acceptors (Lipinski definition) is 1. The van der Waals surface area contributed by atoms with E-state index in [4.69, 9.17) is 5.26 Å². The molecule has 0 fully saturated rings. The average Bonchev–Trinajstić information content (AvgIpc) is 2.51. The summed E-state index contributed by atoms with van der Waals surface area (Å²) < 4.78 is 0. The van der Waals surface area contributed by atoms with Crippen LogP contribution in [0.1, 0.15) is 117 Å².